The van der Waals surface area contributed by atoms with Gasteiger partial charge in [-0.2, -0.15) is 0 Å². The summed E-state index contributed by atoms with van der Waals surface area (Å²) in [6.07, 6.45) is 2.75. The molecule has 1 aliphatic heterocycles. The molecular formula is C19H21N3O2. The molecule has 5 heteroatoms. The summed E-state index contributed by atoms with van der Waals surface area (Å²) in [5, 5.41) is 3.03. The molecule has 0 radical (unpaired) electrons. The number of pyridine rings is 1. The lowest BCUT2D eigenvalue weighted by atomic mass is 9.77. The van der Waals surface area contributed by atoms with Gasteiger partial charge >= 0.3 is 0 Å². The highest BCUT2D eigenvalue weighted by atomic mass is 16.5. The number of nitrogens with one attached hydrogen (secondary N) is 1. The van der Waals surface area contributed by atoms with Crippen molar-refractivity contribution in [1.29, 1.82) is 0 Å². The second-order valence-corrected chi connectivity index (χ2v) is 6.31. The number of hydrogen-bond donors (Lipinski definition) is 1. The van der Waals surface area contributed by atoms with E-state index in [2.05, 4.69) is 39.5 Å². The molecule has 5 nitrogen and oxygen atoms in total. The lowest BCUT2D eigenvalue weighted by Gasteiger charge is -2.30. The maximum Gasteiger partial charge on any atom is 0.269 e. The average Bonchev–Trinajstić information content (AvgIpc) is 2.63. The predicted molar refractivity (Wildman–Crippen MR) is 92.5 cm³/mol. The summed E-state index contributed by atoms with van der Waals surface area (Å²) >= 11 is 0. The Labute approximate surface area is 141 Å². The van der Waals surface area contributed by atoms with Crippen molar-refractivity contribution in [3.05, 3.63) is 59.4 Å². The van der Waals surface area contributed by atoms with Gasteiger partial charge in [0.15, 0.2) is 0 Å². The Morgan fingerprint density at radius 3 is 2.92 bits per heavy atom. The number of benzene rings is 1. The van der Waals surface area contributed by atoms with Gasteiger partial charge in [-0.15, -0.1) is 0 Å². The van der Waals surface area contributed by atoms with Crippen molar-refractivity contribution < 1.29 is 9.53 Å². The molecule has 0 saturated carbocycles. The number of morpholine rings is 1. The molecule has 1 aliphatic carbocycles. The van der Waals surface area contributed by atoms with E-state index < -0.39 is 0 Å². The van der Waals surface area contributed by atoms with E-state index in [9.17, 15) is 4.79 Å². The number of amides is 1. The summed E-state index contributed by atoms with van der Waals surface area (Å²) in [6.45, 7) is 3.82. The van der Waals surface area contributed by atoms with Crippen LogP contribution in [0.5, 0.6) is 0 Å². The van der Waals surface area contributed by atoms with Gasteiger partial charge in [-0.3, -0.25) is 9.78 Å². The molecule has 1 fully saturated rings. The number of hydrogen-bond acceptors (Lipinski definition) is 4. The van der Waals surface area contributed by atoms with Gasteiger partial charge in [0.05, 0.1) is 13.2 Å². The Balaban J connectivity index is 1.38. The zero-order valence-electron chi connectivity index (χ0n) is 13.6. The Kier molecular flexibility index (Phi) is 4.17. The molecule has 4 rings (SSSR count). The van der Waals surface area contributed by atoms with E-state index in [1.165, 1.54) is 11.1 Å². The van der Waals surface area contributed by atoms with Crippen molar-refractivity contribution in [2.45, 2.75) is 12.3 Å². The highest BCUT2D eigenvalue weighted by Crippen LogP contribution is 2.34. The molecule has 1 N–H and O–H groups in total. The molecule has 24 heavy (non-hydrogen) atoms. The fraction of sp³-hybridized carbons (Fsp3) is 0.368. The normalized spacial score (nSPS) is 19.3. The Bertz CT molecular complexity index is 741. The van der Waals surface area contributed by atoms with E-state index >= 15 is 0 Å². The first-order valence-electron chi connectivity index (χ1n) is 8.46. The fourth-order valence-electron chi connectivity index (χ4n) is 3.41. The average molecular weight is 323 g/mol. The molecule has 1 aromatic carbocycles. The van der Waals surface area contributed by atoms with Gasteiger partial charge < -0.3 is 15.0 Å². The standard InChI is InChI=1S/C19H21N3O2/c23-19(21-13-15-11-14-3-1-2-4-17(14)15)18-12-16(5-6-20-18)22-7-9-24-10-8-22/h1-6,12,15H,7-11,13H2,(H,21,23)/t15-/m1/s1. The van der Waals surface area contributed by atoms with Crippen LogP contribution in [0.2, 0.25) is 0 Å². The van der Waals surface area contributed by atoms with Crippen LogP contribution in [0.25, 0.3) is 0 Å². The predicted octanol–water partition coefficient (Wildman–Crippen LogP) is 1.99. The molecular weight excluding hydrogens is 302 g/mol. The third kappa shape index (κ3) is 2.99. The monoisotopic (exact) mass is 323 g/mol. The van der Waals surface area contributed by atoms with Crippen LogP contribution < -0.4 is 10.2 Å². The summed E-state index contributed by atoms with van der Waals surface area (Å²) in [5.74, 6) is 0.321. The second-order valence-electron chi connectivity index (χ2n) is 6.31. The summed E-state index contributed by atoms with van der Waals surface area (Å²) in [7, 11) is 0. The van der Waals surface area contributed by atoms with Gasteiger partial charge in [-0.05, 0) is 29.7 Å². The minimum atomic E-state index is -0.102. The van der Waals surface area contributed by atoms with Crippen molar-refractivity contribution in [2.75, 3.05) is 37.7 Å². The zero-order valence-corrected chi connectivity index (χ0v) is 13.6. The van der Waals surface area contributed by atoms with E-state index in [4.69, 9.17) is 4.74 Å². The number of carbonyl (C=O) groups is 1. The Morgan fingerprint density at radius 2 is 2.08 bits per heavy atom. The van der Waals surface area contributed by atoms with Crippen molar-refractivity contribution in [3.63, 3.8) is 0 Å². The first-order valence-corrected chi connectivity index (χ1v) is 8.46. The lowest BCUT2D eigenvalue weighted by molar-refractivity contribution is 0.0945. The molecule has 2 aromatic rings. The molecule has 1 aromatic heterocycles. The van der Waals surface area contributed by atoms with Crippen molar-refractivity contribution in [1.82, 2.24) is 10.3 Å². The molecule has 0 spiro atoms. The van der Waals surface area contributed by atoms with Crippen molar-refractivity contribution >= 4 is 11.6 Å². The van der Waals surface area contributed by atoms with Gasteiger partial charge in [0.25, 0.3) is 5.91 Å². The number of carbonyl (C=O) groups excluding carboxylic acids is 1. The van der Waals surface area contributed by atoms with Gasteiger partial charge in [0, 0.05) is 37.4 Å². The summed E-state index contributed by atoms with van der Waals surface area (Å²) < 4.78 is 5.37. The highest BCUT2D eigenvalue weighted by Gasteiger charge is 2.25. The molecule has 1 amide bonds. The molecule has 1 atom stereocenters. The van der Waals surface area contributed by atoms with Gasteiger partial charge in [0.1, 0.15) is 5.69 Å². The summed E-state index contributed by atoms with van der Waals surface area (Å²) in [5.41, 5.74) is 4.26. The Hall–Kier alpha value is -2.40. The quantitative estimate of drug-likeness (QED) is 0.935. The Morgan fingerprint density at radius 1 is 1.25 bits per heavy atom. The van der Waals surface area contributed by atoms with Crippen LogP contribution >= 0.6 is 0 Å². The molecule has 0 unspecified atom stereocenters. The topological polar surface area (TPSA) is 54.5 Å². The van der Waals surface area contributed by atoms with E-state index in [0.717, 1.165) is 38.4 Å². The van der Waals surface area contributed by atoms with Crippen LogP contribution in [0.4, 0.5) is 5.69 Å². The molecule has 0 bridgehead atoms. The molecule has 2 aliphatic rings. The minimum Gasteiger partial charge on any atom is -0.378 e. The molecule has 124 valence electrons. The summed E-state index contributed by atoms with van der Waals surface area (Å²) in [4.78, 5) is 18.9. The van der Waals surface area contributed by atoms with E-state index in [-0.39, 0.29) is 5.91 Å². The number of ether oxygens (including phenoxy) is 1. The van der Waals surface area contributed by atoms with Crippen LogP contribution in [0.3, 0.4) is 0 Å². The van der Waals surface area contributed by atoms with Crippen LogP contribution in [-0.2, 0) is 11.2 Å². The molecule has 1 saturated heterocycles. The maximum absolute atomic E-state index is 12.4. The summed E-state index contributed by atoms with van der Waals surface area (Å²) in [6, 6.07) is 12.2. The number of rotatable bonds is 4. The fourth-order valence-corrected chi connectivity index (χ4v) is 3.41. The van der Waals surface area contributed by atoms with Crippen molar-refractivity contribution in [2.24, 2.45) is 0 Å². The smallest absolute Gasteiger partial charge is 0.269 e. The SMILES string of the molecule is O=C(NC[C@H]1Cc2ccccc21)c1cc(N2CCOCC2)ccn1. The largest absolute Gasteiger partial charge is 0.378 e. The van der Waals surface area contributed by atoms with E-state index in [1.807, 2.05) is 12.1 Å². The third-order valence-electron chi connectivity index (χ3n) is 4.82. The number of fused-ring (bicyclic) bond motifs is 1. The third-order valence-corrected chi connectivity index (χ3v) is 4.82. The van der Waals surface area contributed by atoms with Gasteiger partial charge in [-0.25, -0.2) is 0 Å². The van der Waals surface area contributed by atoms with Crippen LogP contribution in [0.15, 0.2) is 42.6 Å². The number of aromatic nitrogens is 1. The highest BCUT2D eigenvalue weighted by molar-refractivity contribution is 5.93. The second kappa shape index (κ2) is 6.61. The van der Waals surface area contributed by atoms with Crippen LogP contribution in [0, 0.1) is 0 Å². The van der Waals surface area contributed by atoms with Gasteiger partial charge in [0.2, 0.25) is 0 Å². The molecule has 2 heterocycles. The van der Waals surface area contributed by atoms with Crippen molar-refractivity contribution in [3.8, 4) is 0 Å². The van der Waals surface area contributed by atoms with Gasteiger partial charge in [-0.1, -0.05) is 24.3 Å². The maximum atomic E-state index is 12.4. The zero-order chi connectivity index (χ0) is 16.4. The van der Waals surface area contributed by atoms with E-state index in [0.29, 0.717) is 18.2 Å². The van der Waals surface area contributed by atoms with E-state index in [1.54, 1.807) is 6.20 Å². The number of nitrogens with zero attached hydrogens (tertiary/aromatic N) is 2. The first-order chi connectivity index (χ1) is 11.8. The first kappa shape index (κ1) is 15.1. The minimum absolute atomic E-state index is 0.102. The van der Waals surface area contributed by atoms with Crippen LogP contribution in [0.1, 0.15) is 27.5 Å². The number of anilines is 1. The van der Waals surface area contributed by atoms with Crippen LogP contribution in [-0.4, -0.2) is 43.7 Å². The lowest BCUT2D eigenvalue weighted by Crippen LogP contribution is -2.36.